The van der Waals surface area contributed by atoms with E-state index in [1.807, 2.05) is 18.2 Å². The van der Waals surface area contributed by atoms with E-state index in [0.29, 0.717) is 17.5 Å². The summed E-state index contributed by atoms with van der Waals surface area (Å²) in [6, 6.07) is 76.3. The summed E-state index contributed by atoms with van der Waals surface area (Å²) in [5, 5.41) is 9.64. The van der Waals surface area contributed by atoms with E-state index in [9.17, 15) is 0 Å². The lowest BCUT2D eigenvalue weighted by Gasteiger charge is -2.34. The van der Waals surface area contributed by atoms with E-state index in [4.69, 9.17) is 15.0 Å². The van der Waals surface area contributed by atoms with E-state index in [1.54, 1.807) is 0 Å². The molecule has 0 N–H and O–H groups in total. The number of fused-ring (bicyclic) bond motifs is 11. The molecule has 0 saturated carbocycles. The van der Waals surface area contributed by atoms with Crippen LogP contribution in [0.1, 0.15) is 22.3 Å². The molecule has 0 fully saturated rings. The van der Waals surface area contributed by atoms with Gasteiger partial charge < -0.3 is 0 Å². The Morgan fingerprint density at radius 3 is 1.39 bits per heavy atom. The average molecular weight is 750 g/mol. The number of hydrogen-bond acceptors (Lipinski definition) is 3. The van der Waals surface area contributed by atoms with Gasteiger partial charge in [0.1, 0.15) is 0 Å². The van der Waals surface area contributed by atoms with Crippen molar-refractivity contribution >= 4 is 43.1 Å². The fourth-order valence-corrected chi connectivity index (χ4v) is 9.88. The van der Waals surface area contributed by atoms with Crippen LogP contribution in [0.5, 0.6) is 0 Å². The van der Waals surface area contributed by atoms with Crippen molar-refractivity contribution in [1.82, 2.24) is 15.0 Å². The van der Waals surface area contributed by atoms with E-state index in [-0.39, 0.29) is 0 Å². The highest BCUT2D eigenvalue weighted by molar-refractivity contribution is 6.32. The third-order valence-electron chi connectivity index (χ3n) is 12.4. The lowest BCUT2D eigenvalue weighted by atomic mass is 9.67. The lowest BCUT2D eigenvalue weighted by molar-refractivity contribution is 0.768. The van der Waals surface area contributed by atoms with Gasteiger partial charge in [0.2, 0.25) is 0 Å². The molecule has 1 aliphatic rings. The molecule has 3 nitrogen and oxygen atoms in total. The zero-order valence-corrected chi connectivity index (χ0v) is 32.0. The van der Waals surface area contributed by atoms with Crippen molar-refractivity contribution in [2.75, 3.05) is 0 Å². The molecule has 0 bridgehead atoms. The fourth-order valence-electron chi connectivity index (χ4n) is 9.88. The van der Waals surface area contributed by atoms with Crippen LogP contribution in [0.2, 0.25) is 0 Å². The summed E-state index contributed by atoms with van der Waals surface area (Å²) < 4.78 is 0. The van der Waals surface area contributed by atoms with Crippen LogP contribution in [0.25, 0.3) is 88.4 Å². The molecule has 3 heteroatoms. The molecule has 0 aliphatic heterocycles. The molecule has 0 saturated heterocycles. The van der Waals surface area contributed by atoms with E-state index in [0.717, 1.165) is 22.1 Å². The second kappa shape index (κ2) is 13.2. The van der Waals surface area contributed by atoms with Crippen LogP contribution in [0.3, 0.4) is 0 Å². The van der Waals surface area contributed by atoms with Gasteiger partial charge in [-0.05, 0) is 88.6 Å². The first-order valence-corrected chi connectivity index (χ1v) is 20.2. The van der Waals surface area contributed by atoms with Crippen molar-refractivity contribution in [3.63, 3.8) is 0 Å². The summed E-state index contributed by atoms with van der Waals surface area (Å²) in [6.07, 6.45) is 0. The standard InChI is InChI=1S/C56H35N3/c1-4-18-36(19-5-1)53-57-54(37-32-33-45-44-28-16-17-31-50(44)56(51(45)34-37,38-20-6-2-7-21-38)39-22-8-3-9-23-39)59-55(58-53)49-35-48-42-26-11-10-24-40(42)41-25-12-14-29-46(41)52(48)47-30-15-13-27-43(47)49/h1-35H. The minimum atomic E-state index is -0.541. The molecule has 1 aromatic heterocycles. The zero-order chi connectivity index (χ0) is 38.9. The van der Waals surface area contributed by atoms with Gasteiger partial charge in [-0.2, -0.15) is 0 Å². The van der Waals surface area contributed by atoms with Gasteiger partial charge in [0.25, 0.3) is 0 Å². The first-order chi connectivity index (χ1) is 29.3. The van der Waals surface area contributed by atoms with Crippen molar-refractivity contribution in [2.24, 2.45) is 0 Å². The Morgan fingerprint density at radius 1 is 0.271 bits per heavy atom. The first kappa shape index (κ1) is 33.4. The average Bonchev–Trinajstić information content (AvgIpc) is 3.62. The second-order valence-corrected chi connectivity index (χ2v) is 15.4. The Kier molecular flexibility index (Phi) is 7.45. The molecule has 0 atom stereocenters. The Balaban J connectivity index is 1.15. The highest BCUT2D eigenvalue weighted by Crippen LogP contribution is 2.56. The van der Waals surface area contributed by atoms with Gasteiger partial charge in [-0.1, -0.05) is 200 Å². The topological polar surface area (TPSA) is 38.7 Å². The SMILES string of the molecule is c1ccc(-c2nc(-c3ccc4c(c3)C(c3ccccc3)(c3ccccc3)c3ccccc3-4)nc(-c3cc4c5ccccc5c5ccccc5c4c4ccccc34)n2)cc1. The zero-order valence-electron chi connectivity index (χ0n) is 32.0. The maximum Gasteiger partial charge on any atom is 0.164 e. The normalized spacial score (nSPS) is 12.9. The molecular formula is C56H35N3. The van der Waals surface area contributed by atoms with E-state index in [1.165, 1.54) is 71.1 Å². The van der Waals surface area contributed by atoms with Crippen molar-refractivity contribution in [1.29, 1.82) is 0 Å². The number of rotatable bonds is 5. The maximum absolute atomic E-state index is 5.44. The monoisotopic (exact) mass is 749 g/mol. The summed E-state index contributed by atoms with van der Waals surface area (Å²) in [6.45, 7) is 0. The largest absolute Gasteiger partial charge is 0.208 e. The molecule has 11 aromatic rings. The third-order valence-corrected chi connectivity index (χ3v) is 12.4. The van der Waals surface area contributed by atoms with Crippen LogP contribution < -0.4 is 0 Å². The summed E-state index contributed by atoms with van der Waals surface area (Å²) in [7, 11) is 0. The predicted molar refractivity (Wildman–Crippen MR) is 243 cm³/mol. The van der Waals surface area contributed by atoms with Crippen molar-refractivity contribution in [3.8, 4) is 45.3 Å². The third kappa shape index (κ3) is 4.98. The van der Waals surface area contributed by atoms with Crippen molar-refractivity contribution in [2.45, 2.75) is 5.41 Å². The molecule has 0 spiro atoms. The summed E-state index contributed by atoms with van der Waals surface area (Å²) in [4.78, 5) is 16.0. The molecule has 0 unspecified atom stereocenters. The van der Waals surface area contributed by atoms with Gasteiger partial charge >= 0.3 is 0 Å². The molecule has 0 amide bonds. The van der Waals surface area contributed by atoms with Crippen molar-refractivity contribution < 1.29 is 0 Å². The first-order valence-electron chi connectivity index (χ1n) is 20.2. The minimum Gasteiger partial charge on any atom is -0.208 e. The van der Waals surface area contributed by atoms with Gasteiger partial charge in [0.05, 0.1) is 5.41 Å². The summed E-state index contributed by atoms with van der Waals surface area (Å²) in [5.41, 5.74) is 9.70. The summed E-state index contributed by atoms with van der Waals surface area (Å²) >= 11 is 0. The van der Waals surface area contributed by atoms with Crippen LogP contribution in [0, 0.1) is 0 Å². The molecule has 274 valence electrons. The van der Waals surface area contributed by atoms with Crippen LogP contribution in [-0.4, -0.2) is 15.0 Å². The predicted octanol–water partition coefficient (Wildman–Crippen LogP) is 13.8. The maximum atomic E-state index is 5.44. The number of aromatic nitrogens is 3. The molecule has 1 heterocycles. The van der Waals surface area contributed by atoms with Crippen LogP contribution in [-0.2, 0) is 5.41 Å². The lowest BCUT2D eigenvalue weighted by Crippen LogP contribution is -2.28. The van der Waals surface area contributed by atoms with Gasteiger partial charge in [0.15, 0.2) is 17.5 Å². The Morgan fingerprint density at radius 2 is 0.729 bits per heavy atom. The van der Waals surface area contributed by atoms with E-state index in [2.05, 4.69) is 194 Å². The molecule has 59 heavy (non-hydrogen) atoms. The molecule has 12 rings (SSSR count). The van der Waals surface area contributed by atoms with Crippen LogP contribution in [0.4, 0.5) is 0 Å². The number of hydrogen-bond donors (Lipinski definition) is 0. The number of nitrogens with zero attached hydrogens (tertiary/aromatic N) is 3. The highest BCUT2D eigenvalue weighted by Gasteiger charge is 2.46. The van der Waals surface area contributed by atoms with Gasteiger partial charge in [-0.25, -0.2) is 15.0 Å². The minimum absolute atomic E-state index is 0.541. The van der Waals surface area contributed by atoms with Gasteiger partial charge in [-0.15, -0.1) is 0 Å². The fraction of sp³-hybridized carbons (Fsp3) is 0.0179. The smallest absolute Gasteiger partial charge is 0.164 e. The van der Waals surface area contributed by atoms with Gasteiger partial charge in [-0.3, -0.25) is 0 Å². The van der Waals surface area contributed by atoms with Crippen molar-refractivity contribution in [3.05, 3.63) is 235 Å². The molecule has 0 radical (unpaired) electrons. The molecule has 1 aliphatic carbocycles. The second-order valence-electron chi connectivity index (χ2n) is 15.4. The van der Waals surface area contributed by atoms with Gasteiger partial charge in [0, 0.05) is 16.7 Å². The molecule has 10 aromatic carbocycles. The Bertz CT molecular complexity index is 3390. The molecular weight excluding hydrogens is 715 g/mol. The van der Waals surface area contributed by atoms with Crippen LogP contribution >= 0.6 is 0 Å². The highest BCUT2D eigenvalue weighted by atomic mass is 15.0. The summed E-state index contributed by atoms with van der Waals surface area (Å²) in [5.74, 6) is 1.92. The van der Waals surface area contributed by atoms with Crippen LogP contribution in [0.15, 0.2) is 212 Å². The van der Waals surface area contributed by atoms with E-state index < -0.39 is 5.41 Å². The Labute approximate surface area is 342 Å². The van der Waals surface area contributed by atoms with E-state index >= 15 is 0 Å². The quantitative estimate of drug-likeness (QED) is 0.165. The Hall–Kier alpha value is -7.75. The number of benzene rings is 10.